The van der Waals surface area contributed by atoms with Crippen molar-refractivity contribution in [1.29, 1.82) is 0 Å². The number of benzene rings is 2. The summed E-state index contributed by atoms with van der Waals surface area (Å²) >= 11 is 1.10. The molecule has 1 aromatic heterocycles. The Morgan fingerprint density at radius 2 is 1.76 bits per heavy atom. The second-order valence-electron chi connectivity index (χ2n) is 7.83. The minimum absolute atomic E-state index is 0.0397. The van der Waals surface area contributed by atoms with Gasteiger partial charge in [0.25, 0.3) is 5.56 Å². The fraction of sp³-hybridized carbons (Fsp3) is 0.320. The standard InChI is InChI=1S/C25H30N4O3S/c1-6-28(7-2)20-12-13-21(17(4)14-20)26-22(30)15-33-25-27-23(31)18(5)24(32)29(25)19-10-8-16(3)9-11-19/h8-14,31H,6-7,15H2,1-5H3,(H,26,30). The monoisotopic (exact) mass is 466 g/mol. The van der Waals surface area contributed by atoms with E-state index in [9.17, 15) is 14.7 Å². The average molecular weight is 467 g/mol. The number of hydrogen-bond donors (Lipinski definition) is 2. The topological polar surface area (TPSA) is 87.5 Å². The summed E-state index contributed by atoms with van der Waals surface area (Å²) in [5.41, 5.74) is 4.32. The van der Waals surface area contributed by atoms with Crippen LogP contribution >= 0.6 is 11.8 Å². The van der Waals surface area contributed by atoms with Crippen LogP contribution < -0.4 is 15.8 Å². The summed E-state index contributed by atoms with van der Waals surface area (Å²) in [4.78, 5) is 32.0. The van der Waals surface area contributed by atoms with Gasteiger partial charge >= 0.3 is 0 Å². The lowest BCUT2D eigenvalue weighted by Gasteiger charge is -2.22. The molecule has 0 saturated heterocycles. The first-order valence-electron chi connectivity index (χ1n) is 10.9. The number of aryl methyl sites for hydroxylation is 2. The van der Waals surface area contributed by atoms with E-state index in [1.807, 2.05) is 50.2 Å². The Kier molecular flexibility index (Phi) is 7.81. The third-order valence-electron chi connectivity index (χ3n) is 5.49. The second kappa shape index (κ2) is 10.6. The van der Waals surface area contributed by atoms with Crippen LogP contribution in [0.15, 0.2) is 52.4 Å². The van der Waals surface area contributed by atoms with Gasteiger partial charge in [0.15, 0.2) is 5.16 Å². The molecule has 0 unspecified atom stereocenters. The highest BCUT2D eigenvalue weighted by atomic mass is 32.2. The van der Waals surface area contributed by atoms with Gasteiger partial charge < -0.3 is 15.3 Å². The molecule has 3 rings (SSSR count). The summed E-state index contributed by atoms with van der Waals surface area (Å²) in [7, 11) is 0. The van der Waals surface area contributed by atoms with E-state index < -0.39 is 0 Å². The van der Waals surface area contributed by atoms with Crippen molar-refractivity contribution >= 4 is 29.0 Å². The number of anilines is 2. The van der Waals surface area contributed by atoms with Crippen LogP contribution in [0.2, 0.25) is 0 Å². The third kappa shape index (κ3) is 5.57. The maximum atomic E-state index is 12.9. The van der Waals surface area contributed by atoms with Crippen LogP contribution in [0.1, 0.15) is 30.5 Å². The van der Waals surface area contributed by atoms with E-state index in [1.54, 1.807) is 0 Å². The van der Waals surface area contributed by atoms with Gasteiger partial charge in [0.1, 0.15) is 0 Å². The number of rotatable bonds is 8. The zero-order valence-electron chi connectivity index (χ0n) is 19.7. The molecule has 0 saturated carbocycles. The fourth-order valence-electron chi connectivity index (χ4n) is 3.48. The average Bonchev–Trinajstić information content (AvgIpc) is 2.79. The number of nitrogens with one attached hydrogen (secondary N) is 1. The highest BCUT2D eigenvalue weighted by Gasteiger charge is 2.17. The first-order valence-corrected chi connectivity index (χ1v) is 11.9. The number of aromatic hydroxyl groups is 1. The van der Waals surface area contributed by atoms with E-state index in [2.05, 4.69) is 35.1 Å². The molecule has 0 aliphatic carbocycles. The Labute approximate surface area is 198 Å². The number of amides is 1. The maximum Gasteiger partial charge on any atom is 0.265 e. The van der Waals surface area contributed by atoms with E-state index in [4.69, 9.17) is 0 Å². The molecule has 1 heterocycles. The zero-order valence-corrected chi connectivity index (χ0v) is 20.5. The predicted octanol–water partition coefficient (Wildman–Crippen LogP) is 4.44. The summed E-state index contributed by atoms with van der Waals surface area (Å²) in [6.45, 7) is 11.5. The quantitative estimate of drug-likeness (QED) is 0.377. The first-order chi connectivity index (χ1) is 15.7. The molecule has 0 spiro atoms. The molecule has 0 atom stereocenters. The van der Waals surface area contributed by atoms with Gasteiger partial charge in [0.2, 0.25) is 11.8 Å². The Morgan fingerprint density at radius 3 is 2.36 bits per heavy atom. The third-order valence-corrected chi connectivity index (χ3v) is 6.43. The fourth-order valence-corrected chi connectivity index (χ4v) is 4.28. The van der Waals surface area contributed by atoms with Crippen LogP contribution in [0.3, 0.4) is 0 Å². The van der Waals surface area contributed by atoms with Crippen molar-refractivity contribution in [3.63, 3.8) is 0 Å². The number of carbonyl (C=O) groups is 1. The molecule has 0 aliphatic heterocycles. The highest BCUT2D eigenvalue weighted by molar-refractivity contribution is 7.99. The van der Waals surface area contributed by atoms with Gasteiger partial charge in [0, 0.05) is 24.5 Å². The van der Waals surface area contributed by atoms with E-state index in [-0.39, 0.29) is 33.8 Å². The van der Waals surface area contributed by atoms with Crippen molar-refractivity contribution in [1.82, 2.24) is 9.55 Å². The lowest BCUT2D eigenvalue weighted by atomic mass is 10.1. The van der Waals surface area contributed by atoms with Crippen molar-refractivity contribution in [2.75, 3.05) is 29.1 Å². The van der Waals surface area contributed by atoms with Crippen molar-refractivity contribution in [3.8, 4) is 11.6 Å². The van der Waals surface area contributed by atoms with Crippen LogP contribution in [-0.2, 0) is 4.79 Å². The molecular weight excluding hydrogens is 436 g/mol. The van der Waals surface area contributed by atoms with Gasteiger partial charge in [0.05, 0.1) is 17.0 Å². The van der Waals surface area contributed by atoms with Crippen LogP contribution in [0, 0.1) is 20.8 Å². The second-order valence-corrected chi connectivity index (χ2v) is 8.77. The summed E-state index contributed by atoms with van der Waals surface area (Å²) in [6, 6.07) is 13.4. The lowest BCUT2D eigenvalue weighted by Crippen LogP contribution is -2.24. The first kappa shape index (κ1) is 24.4. The van der Waals surface area contributed by atoms with Gasteiger partial charge in [-0.15, -0.1) is 0 Å². The SMILES string of the molecule is CCN(CC)c1ccc(NC(=O)CSc2nc(O)c(C)c(=O)n2-c2ccc(C)cc2)c(C)c1. The molecule has 174 valence electrons. The van der Waals surface area contributed by atoms with Gasteiger partial charge in [-0.2, -0.15) is 4.98 Å². The Bertz CT molecular complexity index is 1200. The molecule has 0 fully saturated rings. The molecule has 1 amide bonds. The minimum atomic E-state index is -0.364. The summed E-state index contributed by atoms with van der Waals surface area (Å²) < 4.78 is 1.43. The number of thioether (sulfide) groups is 1. The van der Waals surface area contributed by atoms with Crippen molar-refractivity contribution in [2.24, 2.45) is 0 Å². The van der Waals surface area contributed by atoms with Crippen molar-refractivity contribution < 1.29 is 9.90 Å². The maximum absolute atomic E-state index is 12.9. The summed E-state index contributed by atoms with van der Waals surface area (Å²) in [6.07, 6.45) is 0. The lowest BCUT2D eigenvalue weighted by molar-refractivity contribution is -0.113. The predicted molar refractivity (Wildman–Crippen MR) is 135 cm³/mol. The molecule has 3 aromatic rings. The molecule has 0 radical (unpaired) electrons. The Morgan fingerprint density at radius 1 is 1.09 bits per heavy atom. The number of hydrogen-bond acceptors (Lipinski definition) is 6. The van der Waals surface area contributed by atoms with Gasteiger partial charge in [-0.3, -0.25) is 14.2 Å². The van der Waals surface area contributed by atoms with E-state index in [0.717, 1.165) is 47.4 Å². The number of carbonyl (C=O) groups excluding carboxylic acids is 1. The van der Waals surface area contributed by atoms with Crippen LogP contribution in [-0.4, -0.2) is 39.4 Å². The number of nitrogens with zero attached hydrogens (tertiary/aromatic N) is 3. The zero-order chi connectivity index (χ0) is 24.1. The minimum Gasteiger partial charge on any atom is -0.493 e. The smallest absolute Gasteiger partial charge is 0.265 e. The normalized spacial score (nSPS) is 10.8. The molecule has 2 aromatic carbocycles. The van der Waals surface area contributed by atoms with Crippen LogP contribution in [0.4, 0.5) is 11.4 Å². The molecular formula is C25H30N4O3S. The van der Waals surface area contributed by atoms with Crippen molar-refractivity contribution in [3.05, 3.63) is 69.5 Å². The van der Waals surface area contributed by atoms with E-state index in [1.165, 1.54) is 11.5 Å². The summed E-state index contributed by atoms with van der Waals surface area (Å²) in [5, 5.41) is 13.3. The largest absolute Gasteiger partial charge is 0.493 e. The molecule has 33 heavy (non-hydrogen) atoms. The molecule has 0 bridgehead atoms. The summed E-state index contributed by atoms with van der Waals surface area (Å²) in [5.74, 6) is -0.504. The van der Waals surface area contributed by atoms with Crippen LogP contribution in [0.5, 0.6) is 5.88 Å². The Hall–Kier alpha value is -3.26. The van der Waals surface area contributed by atoms with E-state index in [0.29, 0.717) is 5.69 Å². The van der Waals surface area contributed by atoms with Gasteiger partial charge in [-0.1, -0.05) is 29.5 Å². The molecule has 0 aliphatic rings. The van der Waals surface area contributed by atoms with Crippen molar-refractivity contribution in [2.45, 2.75) is 39.8 Å². The highest BCUT2D eigenvalue weighted by Crippen LogP contribution is 2.25. The molecule has 8 heteroatoms. The molecule has 2 N–H and O–H groups in total. The molecule has 7 nitrogen and oxygen atoms in total. The van der Waals surface area contributed by atoms with Crippen LogP contribution in [0.25, 0.3) is 5.69 Å². The Balaban J connectivity index is 1.79. The van der Waals surface area contributed by atoms with E-state index >= 15 is 0 Å². The van der Waals surface area contributed by atoms with Gasteiger partial charge in [-0.05, 0) is 70.5 Å². The van der Waals surface area contributed by atoms with Gasteiger partial charge in [-0.25, -0.2) is 0 Å². The number of aromatic nitrogens is 2.